The molecule has 0 fully saturated rings. The van der Waals surface area contributed by atoms with E-state index in [2.05, 4.69) is 542 Å². The third-order valence-electron chi connectivity index (χ3n) is 28.2. The summed E-state index contributed by atoms with van der Waals surface area (Å²) >= 11 is 0. The summed E-state index contributed by atoms with van der Waals surface area (Å²) in [6.07, 6.45) is 17.4. The van der Waals surface area contributed by atoms with E-state index in [0.29, 0.717) is 0 Å². The van der Waals surface area contributed by atoms with Crippen LogP contribution in [0.3, 0.4) is 0 Å². The lowest BCUT2D eigenvalue weighted by Gasteiger charge is -2.37. The zero-order valence-corrected chi connectivity index (χ0v) is 77.5. The predicted molar refractivity (Wildman–Crippen MR) is 590 cm³/mol. The van der Waals surface area contributed by atoms with Crippen molar-refractivity contribution in [1.29, 1.82) is 0 Å². The second-order valence-corrected chi connectivity index (χ2v) is 36.5. The second-order valence-electron chi connectivity index (χ2n) is 36.5. The molecule has 0 spiro atoms. The summed E-state index contributed by atoms with van der Waals surface area (Å²) in [5.74, 6) is 0.896. The van der Waals surface area contributed by atoms with Gasteiger partial charge in [0, 0.05) is 101 Å². The SMILES string of the molecule is C1=CCC(N(c2ccccc2)c2ccc3ccc4c(N(c5ccccc5)c5ccccc5)ccc5ccc2c3c54)C=C1.Cc1cc(N(c2ccccc2)c2cccc3ccccc23)c2ccc3c(C)cc(N(c4ccccc4)C4CC=Cc5ccccc54)c4ccc1c2c34.Cc1ccc(N(c2ccccc2)c2ccc3ccc4c(N(c5ccccc5)c5ccc(C)cn5)ccc5ccc2c3c54)cc1. The van der Waals surface area contributed by atoms with Crippen molar-refractivity contribution in [3.63, 3.8) is 0 Å². The number of hydrogen-bond donors (Lipinski definition) is 0. The molecule has 658 valence electrons. The highest BCUT2D eigenvalue weighted by molar-refractivity contribution is 6.32. The number of hydrogen-bond acceptors (Lipinski definition) is 7. The van der Waals surface area contributed by atoms with E-state index in [0.717, 1.165) is 69.7 Å². The van der Waals surface area contributed by atoms with Gasteiger partial charge < -0.3 is 24.5 Å². The summed E-state index contributed by atoms with van der Waals surface area (Å²) in [6.45, 7) is 8.77. The average molecular weight is 1770 g/mol. The Kier molecular flexibility index (Phi) is 21.7. The van der Waals surface area contributed by atoms with E-state index in [1.54, 1.807) is 0 Å². The Morgan fingerprint density at radius 1 is 0.232 bits per heavy atom. The molecule has 2 aliphatic carbocycles. The van der Waals surface area contributed by atoms with Gasteiger partial charge in [-0.3, -0.25) is 4.90 Å². The molecule has 0 bridgehead atoms. The number of pyridine rings is 1. The molecular weight excluding hydrogens is 1670 g/mol. The molecule has 23 aromatic carbocycles. The first-order valence-electron chi connectivity index (χ1n) is 48.0. The molecule has 0 radical (unpaired) electrons. The normalized spacial score (nSPS) is 13.4. The molecule has 0 saturated carbocycles. The predicted octanol–water partition coefficient (Wildman–Crippen LogP) is 36.7. The Bertz CT molecular complexity index is 8480. The third kappa shape index (κ3) is 15.0. The van der Waals surface area contributed by atoms with E-state index in [-0.39, 0.29) is 12.1 Å². The molecule has 2 unspecified atom stereocenters. The zero-order valence-electron chi connectivity index (χ0n) is 77.5. The summed E-state index contributed by atoms with van der Waals surface area (Å²) in [6, 6.07) is 164. The van der Waals surface area contributed by atoms with Gasteiger partial charge in [0.25, 0.3) is 0 Å². The van der Waals surface area contributed by atoms with Crippen LogP contribution < -0.4 is 29.4 Å². The second kappa shape index (κ2) is 35.9. The van der Waals surface area contributed by atoms with Crippen LogP contribution in [0.2, 0.25) is 0 Å². The molecule has 0 saturated heterocycles. The van der Waals surface area contributed by atoms with Gasteiger partial charge in [-0.05, 0) is 284 Å². The summed E-state index contributed by atoms with van der Waals surface area (Å²) in [7, 11) is 0. The molecule has 138 heavy (non-hydrogen) atoms. The first kappa shape index (κ1) is 83.7. The highest BCUT2D eigenvalue weighted by atomic mass is 15.2. The van der Waals surface area contributed by atoms with Crippen molar-refractivity contribution in [2.75, 3.05) is 29.4 Å². The molecule has 1 heterocycles. The number of nitrogens with zero attached hydrogens (tertiary/aromatic N) is 7. The minimum atomic E-state index is 0.165. The molecule has 24 aromatic rings. The minimum Gasteiger partial charge on any atom is -0.334 e. The van der Waals surface area contributed by atoms with Gasteiger partial charge in [-0.25, -0.2) is 4.98 Å². The molecule has 2 atom stereocenters. The van der Waals surface area contributed by atoms with Gasteiger partial charge in [-0.1, -0.05) is 345 Å². The highest BCUT2D eigenvalue weighted by Gasteiger charge is 2.32. The Hall–Kier alpha value is -17.4. The maximum atomic E-state index is 4.87. The molecule has 7 nitrogen and oxygen atoms in total. The van der Waals surface area contributed by atoms with Crippen LogP contribution in [0.5, 0.6) is 0 Å². The summed E-state index contributed by atoms with van der Waals surface area (Å²) in [4.78, 5) is 19.5. The summed E-state index contributed by atoms with van der Waals surface area (Å²) < 4.78 is 0. The van der Waals surface area contributed by atoms with Gasteiger partial charge in [-0.15, -0.1) is 0 Å². The number of benzene rings is 23. The van der Waals surface area contributed by atoms with Gasteiger partial charge in [0.1, 0.15) is 5.82 Å². The fourth-order valence-electron chi connectivity index (χ4n) is 21.8. The Labute approximate surface area is 805 Å². The van der Waals surface area contributed by atoms with Gasteiger partial charge in [0.05, 0.1) is 40.5 Å². The quantitative estimate of drug-likeness (QED) is 0.0792. The van der Waals surface area contributed by atoms with Crippen molar-refractivity contribution in [1.82, 2.24) is 4.98 Å². The largest absolute Gasteiger partial charge is 0.334 e. The van der Waals surface area contributed by atoms with Crippen molar-refractivity contribution in [2.45, 2.75) is 52.6 Å². The number of allylic oxidation sites excluding steroid dienone is 2. The Morgan fingerprint density at radius 3 is 1.11 bits per heavy atom. The Balaban J connectivity index is 0.000000113. The van der Waals surface area contributed by atoms with E-state index in [4.69, 9.17) is 4.98 Å². The van der Waals surface area contributed by atoms with Crippen molar-refractivity contribution in [3.8, 4) is 0 Å². The number of aryl methyl sites for hydroxylation is 4. The van der Waals surface area contributed by atoms with Gasteiger partial charge in [-0.2, -0.15) is 0 Å². The van der Waals surface area contributed by atoms with Crippen molar-refractivity contribution >= 4 is 205 Å². The van der Waals surface area contributed by atoms with Crippen LogP contribution in [0, 0.1) is 27.7 Å². The fraction of sp³-hybridized carbons (Fsp3) is 0.0611. The maximum absolute atomic E-state index is 4.87. The molecule has 0 N–H and O–H groups in total. The van der Waals surface area contributed by atoms with Crippen LogP contribution in [0.15, 0.2) is 485 Å². The van der Waals surface area contributed by atoms with E-state index in [1.807, 2.05) is 6.20 Å². The van der Waals surface area contributed by atoms with E-state index >= 15 is 0 Å². The lowest BCUT2D eigenvalue weighted by atomic mass is 9.86. The standard InChI is InChI=1S/C50H38N2.C41H31N3.C40H30N2/c1-33-31-47(51(37-19-5-3-6-20-37)45-25-13-17-35-15-9-11-23-41(35)45)43-30-28-40-34(2)32-48(44-29-27-39(33)49(43)50(40)44)52(38-21-7-4-8-22-38)46-26-14-18-36-16-10-12-24-42(36)46;1-28-13-20-34(21-14-28)43(32-9-5-3-6-10-32)37-24-18-30-17-23-36-38(25-19-31-16-22-35(37)40(30)41(31)36)44(33-11-7-4-8-12-33)39-26-15-29(2)27-42-39;1-5-13-31(14-6-1)41(32-15-7-2-8-16-32)37-27-23-29-22-26-36-38(28-24-30-21-25-35(37)39(29)40(30)36)42(33-17-9-3-10-18-33)34-19-11-4-12-20-34/h3-25,27-32,46H,26H2,1-2H3;3-27H,1-2H3;1-19,21-28,34H,20H2. The third-order valence-corrected chi connectivity index (χ3v) is 28.2. The fourth-order valence-corrected chi connectivity index (χ4v) is 21.8. The highest BCUT2D eigenvalue weighted by Crippen LogP contribution is 2.55. The van der Waals surface area contributed by atoms with Crippen molar-refractivity contribution in [3.05, 3.63) is 519 Å². The van der Waals surface area contributed by atoms with E-state index in [9.17, 15) is 0 Å². The first-order valence-corrected chi connectivity index (χ1v) is 48.0. The average Bonchev–Trinajstić information content (AvgIpc) is 0.703. The Morgan fingerprint density at radius 2 is 0.609 bits per heavy atom. The molecule has 26 rings (SSSR count). The molecule has 0 amide bonds. The summed E-state index contributed by atoms with van der Waals surface area (Å²) in [5, 5.41) is 25.4. The van der Waals surface area contributed by atoms with Crippen LogP contribution in [0.1, 0.15) is 52.3 Å². The number of aromatic nitrogens is 1. The molecule has 1 aromatic heterocycles. The lowest BCUT2D eigenvalue weighted by molar-refractivity contribution is 0.703. The maximum Gasteiger partial charge on any atom is 0.137 e. The first-order chi connectivity index (χ1) is 68.2. The van der Waals surface area contributed by atoms with Crippen molar-refractivity contribution < 1.29 is 0 Å². The molecule has 2 aliphatic rings. The van der Waals surface area contributed by atoms with Gasteiger partial charge in [0.15, 0.2) is 0 Å². The van der Waals surface area contributed by atoms with Crippen LogP contribution in [-0.4, -0.2) is 11.0 Å². The van der Waals surface area contributed by atoms with Gasteiger partial charge >= 0.3 is 0 Å². The van der Waals surface area contributed by atoms with E-state index in [1.165, 1.54) is 175 Å². The number of anilines is 16. The number of fused-ring (bicyclic) bond motifs is 2. The monoisotopic (exact) mass is 1770 g/mol. The van der Waals surface area contributed by atoms with Crippen LogP contribution in [0.25, 0.3) is 114 Å². The van der Waals surface area contributed by atoms with Crippen LogP contribution in [-0.2, 0) is 0 Å². The molecular formula is C131H99N7. The topological polar surface area (TPSA) is 32.3 Å². The van der Waals surface area contributed by atoms with E-state index < -0.39 is 0 Å². The minimum absolute atomic E-state index is 0.165. The molecule has 0 aliphatic heterocycles. The number of para-hydroxylation sites is 7. The zero-order chi connectivity index (χ0) is 92.3. The van der Waals surface area contributed by atoms with Crippen molar-refractivity contribution in [2.24, 2.45) is 0 Å². The van der Waals surface area contributed by atoms with Crippen LogP contribution in [0.4, 0.5) is 91.1 Å². The molecule has 7 heteroatoms. The lowest BCUT2D eigenvalue weighted by Crippen LogP contribution is -2.29. The summed E-state index contributed by atoms with van der Waals surface area (Å²) in [5.41, 5.74) is 25.1. The smallest absolute Gasteiger partial charge is 0.137 e. The number of rotatable bonds is 18. The van der Waals surface area contributed by atoms with Crippen LogP contribution >= 0.6 is 0 Å². The van der Waals surface area contributed by atoms with Gasteiger partial charge in [0.2, 0.25) is 0 Å².